The van der Waals surface area contributed by atoms with Crippen LogP contribution in [0.1, 0.15) is 6.92 Å². The van der Waals surface area contributed by atoms with E-state index < -0.39 is 9.84 Å². The van der Waals surface area contributed by atoms with Crippen LogP contribution in [0, 0.1) is 0 Å². The largest absolute Gasteiger partial charge is 0.497 e. The molecular weight excluding hydrogens is 246 g/mol. The molecule has 0 saturated carbocycles. The zero-order chi connectivity index (χ0) is 11.8. The summed E-state index contributed by atoms with van der Waals surface area (Å²) in [5, 5.41) is 0. The van der Waals surface area contributed by atoms with Gasteiger partial charge in [0.05, 0.1) is 23.1 Å². The monoisotopic (exact) mass is 257 g/mol. The summed E-state index contributed by atoms with van der Waals surface area (Å²) in [4.78, 5) is 4.11. The number of ether oxygens (including phenoxy) is 1. The lowest BCUT2D eigenvalue weighted by atomic mass is 10.3. The molecule has 0 radical (unpaired) electrons. The molecule has 86 valence electrons. The molecule has 0 atom stereocenters. The molecule has 0 bridgehead atoms. The van der Waals surface area contributed by atoms with Crippen LogP contribution in [-0.4, -0.2) is 26.3 Å². The van der Waals surface area contributed by atoms with E-state index >= 15 is 0 Å². The van der Waals surface area contributed by atoms with Gasteiger partial charge in [0.15, 0.2) is 0 Å². The van der Waals surface area contributed by atoms with Crippen molar-refractivity contribution in [3.8, 4) is 5.75 Å². The normalized spacial score (nSPS) is 11.9. The SMILES string of the molecule is CCS(=O)(=O)c1nc2ccc(OC)cc2s1. The van der Waals surface area contributed by atoms with Gasteiger partial charge in [-0.1, -0.05) is 6.92 Å². The van der Waals surface area contributed by atoms with Gasteiger partial charge in [-0.05, 0) is 18.2 Å². The molecule has 0 fully saturated rings. The van der Waals surface area contributed by atoms with Gasteiger partial charge in [0.1, 0.15) is 5.75 Å². The maximum atomic E-state index is 11.6. The van der Waals surface area contributed by atoms with Crippen LogP contribution in [0.5, 0.6) is 5.75 Å². The number of hydrogen-bond donors (Lipinski definition) is 0. The van der Waals surface area contributed by atoms with Crippen molar-refractivity contribution < 1.29 is 13.2 Å². The van der Waals surface area contributed by atoms with E-state index in [0.717, 1.165) is 4.70 Å². The molecule has 2 rings (SSSR count). The van der Waals surface area contributed by atoms with Gasteiger partial charge >= 0.3 is 0 Å². The zero-order valence-electron chi connectivity index (χ0n) is 8.93. The van der Waals surface area contributed by atoms with Crippen molar-refractivity contribution in [2.45, 2.75) is 11.3 Å². The second-order valence-corrected chi connectivity index (χ2v) is 6.70. The van der Waals surface area contributed by atoms with E-state index in [9.17, 15) is 8.42 Å². The van der Waals surface area contributed by atoms with Crippen molar-refractivity contribution in [1.29, 1.82) is 0 Å². The Bertz CT molecular complexity index is 616. The van der Waals surface area contributed by atoms with Crippen LogP contribution in [0.15, 0.2) is 22.5 Å². The topological polar surface area (TPSA) is 56.3 Å². The maximum Gasteiger partial charge on any atom is 0.210 e. The minimum Gasteiger partial charge on any atom is -0.497 e. The van der Waals surface area contributed by atoms with Gasteiger partial charge in [-0.2, -0.15) is 0 Å². The Morgan fingerprint density at radius 1 is 1.44 bits per heavy atom. The molecule has 2 aromatic rings. The predicted octanol–water partition coefficient (Wildman–Crippen LogP) is 2.10. The maximum absolute atomic E-state index is 11.6. The molecule has 0 aliphatic carbocycles. The molecule has 0 aliphatic heterocycles. The van der Waals surface area contributed by atoms with Crippen molar-refractivity contribution in [2.75, 3.05) is 12.9 Å². The second kappa shape index (κ2) is 4.03. The zero-order valence-corrected chi connectivity index (χ0v) is 10.6. The van der Waals surface area contributed by atoms with Crippen molar-refractivity contribution in [3.63, 3.8) is 0 Å². The summed E-state index contributed by atoms with van der Waals surface area (Å²) >= 11 is 1.18. The third kappa shape index (κ3) is 1.90. The fourth-order valence-corrected chi connectivity index (χ4v) is 3.61. The summed E-state index contributed by atoms with van der Waals surface area (Å²) in [7, 11) is -1.64. The Hall–Kier alpha value is -1.14. The first-order valence-corrected chi connectivity index (χ1v) is 7.21. The highest BCUT2D eigenvalue weighted by atomic mass is 32.2. The first-order valence-electron chi connectivity index (χ1n) is 4.74. The molecule has 0 spiro atoms. The van der Waals surface area contributed by atoms with Gasteiger partial charge in [-0.3, -0.25) is 0 Å². The number of methoxy groups -OCH3 is 1. The Morgan fingerprint density at radius 3 is 2.81 bits per heavy atom. The molecule has 0 unspecified atom stereocenters. The van der Waals surface area contributed by atoms with E-state index in [1.807, 2.05) is 0 Å². The summed E-state index contributed by atoms with van der Waals surface area (Å²) in [6, 6.07) is 5.32. The smallest absolute Gasteiger partial charge is 0.210 e. The van der Waals surface area contributed by atoms with Crippen molar-refractivity contribution in [1.82, 2.24) is 4.98 Å². The highest BCUT2D eigenvalue weighted by Gasteiger charge is 2.17. The first-order chi connectivity index (χ1) is 7.56. The predicted molar refractivity (Wildman–Crippen MR) is 63.9 cm³/mol. The Kier molecular flexibility index (Phi) is 2.86. The minimum atomic E-state index is -3.21. The lowest BCUT2D eigenvalue weighted by Crippen LogP contribution is -2.02. The van der Waals surface area contributed by atoms with Crippen LogP contribution in [0.25, 0.3) is 10.2 Å². The molecule has 1 aromatic heterocycles. The van der Waals surface area contributed by atoms with Gasteiger partial charge in [0.2, 0.25) is 14.2 Å². The lowest BCUT2D eigenvalue weighted by Gasteiger charge is -1.96. The average Bonchev–Trinajstić information content (AvgIpc) is 2.72. The molecule has 16 heavy (non-hydrogen) atoms. The number of benzene rings is 1. The average molecular weight is 257 g/mol. The van der Waals surface area contributed by atoms with Crippen LogP contribution in [0.4, 0.5) is 0 Å². The third-order valence-electron chi connectivity index (χ3n) is 2.22. The van der Waals surface area contributed by atoms with E-state index in [1.54, 1.807) is 32.2 Å². The molecule has 0 amide bonds. The Balaban J connectivity index is 2.61. The van der Waals surface area contributed by atoms with Gasteiger partial charge in [-0.25, -0.2) is 13.4 Å². The summed E-state index contributed by atoms with van der Waals surface area (Å²) in [6.45, 7) is 1.61. The van der Waals surface area contributed by atoms with E-state index in [0.29, 0.717) is 11.3 Å². The molecule has 0 saturated heterocycles. The van der Waals surface area contributed by atoms with Crippen molar-refractivity contribution in [2.24, 2.45) is 0 Å². The number of nitrogens with zero attached hydrogens (tertiary/aromatic N) is 1. The van der Waals surface area contributed by atoms with E-state index in [2.05, 4.69) is 4.98 Å². The molecule has 1 aromatic carbocycles. The molecule has 6 heteroatoms. The summed E-state index contributed by atoms with van der Waals surface area (Å²) in [5.74, 6) is 0.779. The van der Waals surface area contributed by atoms with Gasteiger partial charge in [0, 0.05) is 0 Å². The van der Waals surface area contributed by atoms with E-state index in [1.165, 1.54) is 11.3 Å². The molecular formula is C10H11NO3S2. The number of sulfone groups is 1. The third-order valence-corrected chi connectivity index (χ3v) is 5.43. The highest BCUT2D eigenvalue weighted by molar-refractivity contribution is 7.93. The number of rotatable bonds is 3. The Morgan fingerprint density at radius 2 is 2.19 bits per heavy atom. The van der Waals surface area contributed by atoms with Gasteiger partial charge in [0.25, 0.3) is 0 Å². The molecule has 1 heterocycles. The lowest BCUT2D eigenvalue weighted by molar-refractivity contribution is 0.415. The fraction of sp³-hybridized carbons (Fsp3) is 0.300. The number of aromatic nitrogens is 1. The second-order valence-electron chi connectivity index (χ2n) is 3.22. The van der Waals surface area contributed by atoms with Crippen LogP contribution in [-0.2, 0) is 9.84 Å². The Labute approximate surface area is 97.8 Å². The summed E-state index contributed by atoms with van der Waals surface area (Å²) in [6.07, 6.45) is 0. The van der Waals surface area contributed by atoms with Gasteiger partial charge in [-0.15, -0.1) is 11.3 Å². The fourth-order valence-electron chi connectivity index (χ4n) is 1.27. The number of fused-ring (bicyclic) bond motifs is 1. The van der Waals surface area contributed by atoms with Crippen LogP contribution in [0.3, 0.4) is 0 Å². The molecule has 0 aliphatic rings. The number of hydrogen-bond acceptors (Lipinski definition) is 5. The van der Waals surface area contributed by atoms with Crippen LogP contribution >= 0.6 is 11.3 Å². The van der Waals surface area contributed by atoms with E-state index in [4.69, 9.17) is 4.74 Å². The van der Waals surface area contributed by atoms with Crippen LogP contribution in [0.2, 0.25) is 0 Å². The minimum absolute atomic E-state index is 0.0734. The van der Waals surface area contributed by atoms with Crippen LogP contribution < -0.4 is 4.74 Å². The quantitative estimate of drug-likeness (QED) is 0.845. The molecule has 0 N–H and O–H groups in total. The first kappa shape index (κ1) is 11.3. The van der Waals surface area contributed by atoms with E-state index in [-0.39, 0.29) is 10.1 Å². The highest BCUT2D eigenvalue weighted by Crippen LogP contribution is 2.29. The number of thiazole rings is 1. The summed E-state index contributed by atoms with van der Waals surface area (Å²) < 4.78 is 29.4. The summed E-state index contributed by atoms with van der Waals surface area (Å²) in [5.41, 5.74) is 0.692. The standard InChI is InChI=1S/C10H11NO3S2/c1-3-16(12,13)10-11-8-5-4-7(14-2)6-9(8)15-10/h4-6H,3H2,1-2H3. The van der Waals surface area contributed by atoms with Gasteiger partial charge < -0.3 is 4.74 Å². The van der Waals surface area contributed by atoms with Crippen molar-refractivity contribution >= 4 is 31.4 Å². The van der Waals surface area contributed by atoms with Crippen molar-refractivity contribution in [3.05, 3.63) is 18.2 Å². The molecule has 4 nitrogen and oxygen atoms in total.